The average molecular weight is 541 g/mol. The van der Waals surface area contributed by atoms with Gasteiger partial charge in [-0.1, -0.05) is 12.1 Å². The third-order valence-corrected chi connectivity index (χ3v) is 6.04. The van der Waals surface area contributed by atoms with Gasteiger partial charge in [0.15, 0.2) is 34.4 Å². The SMILES string of the molecule is COc1ccc(/C=C2\N=C(c3ccc(C4=N/C(=C\c5ccc(OC)c(OC)c5)C(=O)O4)cc3)OC2=O)cc1OC. The topological polar surface area (TPSA) is 114 Å². The molecule has 2 aliphatic rings. The van der Waals surface area contributed by atoms with Crippen LogP contribution in [0.2, 0.25) is 0 Å². The summed E-state index contributed by atoms with van der Waals surface area (Å²) < 4.78 is 31.9. The first-order valence-corrected chi connectivity index (χ1v) is 12.0. The fraction of sp³-hybridized carbons (Fsp3) is 0.133. The van der Waals surface area contributed by atoms with Crippen LogP contribution in [-0.2, 0) is 19.1 Å². The predicted molar refractivity (Wildman–Crippen MR) is 147 cm³/mol. The van der Waals surface area contributed by atoms with Gasteiger partial charge in [0.2, 0.25) is 11.8 Å². The minimum Gasteiger partial charge on any atom is -0.493 e. The zero-order chi connectivity index (χ0) is 28.2. The Balaban J connectivity index is 1.35. The Bertz CT molecular complexity index is 1500. The van der Waals surface area contributed by atoms with E-state index in [0.717, 1.165) is 0 Å². The summed E-state index contributed by atoms with van der Waals surface area (Å²) in [6.45, 7) is 0. The normalized spacial score (nSPS) is 16.4. The van der Waals surface area contributed by atoms with Crippen molar-refractivity contribution in [1.29, 1.82) is 0 Å². The number of hydrogen-bond donors (Lipinski definition) is 0. The van der Waals surface area contributed by atoms with E-state index in [2.05, 4.69) is 9.98 Å². The van der Waals surface area contributed by atoms with Gasteiger partial charge in [-0.2, -0.15) is 0 Å². The predicted octanol–water partition coefficient (Wildman–Crippen LogP) is 4.41. The molecule has 0 bridgehead atoms. The van der Waals surface area contributed by atoms with Crippen LogP contribution in [-0.4, -0.2) is 52.2 Å². The lowest BCUT2D eigenvalue weighted by Gasteiger charge is -2.07. The van der Waals surface area contributed by atoms with Gasteiger partial charge in [0, 0.05) is 11.1 Å². The molecule has 5 rings (SSSR count). The van der Waals surface area contributed by atoms with Crippen molar-refractivity contribution in [2.75, 3.05) is 28.4 Å². The number of nitrogens with zero attached hydrogens (tertiary/aromatic N) is 2. The number of cyclic esters (lactones) is 2. The Labute approximate surface area is 229 Å². The second kappa shape index (κ2) is 11.2. The quantitative estimate of drug-likeness (QED) is 0.305. The molecular weight excluding hydrogens is 516 g/mol. The number of carbonyl (C=O) groups excluding carboxylic acids is 2. The zero-order valence-corrected chi connectivity index (χ0v) is 22.1. The lowest BCUT2D eigenvalue weighted by Crippen LogP contribution is -2.07. The van der Waals surface area contributed by atoms with Crippen LogP contribution in [0.3, 0.4) is 0 Å². The second-order valence-corrected chi connectivity index (χ2v) is 8.48. The maximum absolute atomic E-state index is 12.5. The van der Waals surface area contributed by atoms with Crippen LogP contribution in [0.25, 0.3) is 12.2 Å². The van der Waals surface area contributed by atoms with Gasteiger partial charge in [-0.05, 0) is 71.8 Å². The van der Waals surface area contributed by atoms with E-state index in [-0.39, 0.29) is 23.2 Å². The summed E-state index contributed by atoms with van der Waals surface area (Å²) in [5.74, 6) is 1.36. The third-order valence-electron chi connectivity index (χ3n) is 6.04. The van der Waals surface area contributed by atoms with Gasteiger partial charge in [-0.15, -0.1) is 0 Å². The number of carbonyl (C=O) groups is 2. The van der Waals surface area contributed by atoms with Gasteiger partial charge in [-0.25, -0.2) is 19.6 Å². The molecule has 0 saturated carbocycles. The largest absolute Gasteiger partial charge is 0.493 e. The van der Waals surface area contributed by atoms with Crippen LogP contribution < -0.4 is 18.9 Å². The van der Waals surface area contributed by atoms with Crippen molar-refractivity contribution in [3.8, 4) is 23.0 Å². The van der Waals surface area contributed by atoms with Gasteiger partial charge < -0.3 is 28.4 Å². The highest BCUT2D eigenvalue weighted by molar-refractivity contribution is 6.14. The lowest BCUT2D eigenvalue weighted by molar-refractivity contribution is -0.130. The number of esters is 2. The van der Waals surface area contributed by atoms with Crippen LogP contribution >= 0.6 is 0 Å². The number of hydrogen-bond acceptors (Lipinski definition) is 10. The van der Waals surface area contributed by atoms with Gasteiger partial charge in [0.05, 0.1) is 28.4 Å². The zero-order valence-electron chi connectivity index (χ0n) is 22.1. The van der Waals surface area contributed by atoms with Gasteiger partial charge >= 0.3 is 11.9 Å². The molecule has 202 valence electrons. The second-order valence-electron chi connectivity index (χ2n) is 8.48. The molecule has 0 spiro atoms. The van der Waals surface area contributed by atoms with E-state index in [1.165, 1.54) is 14.2 Å². The van der Waals surface area contributed by atoms with E-state index in [0.29, 0.717) is 45.3 Å². The summed E-state index contributed by atoms with van der Waals surface area (Å²) in [6.07, 6.45) is 3.20. The van der Waals surface area contributed by atoms with Crippen LogP contribution in [0.15, 0.2) is 82.0 Å². The summed E-state index contributed by atoms with van der Waals surface area (Å²) in [4.78, 5) is 33.6. The van der Waals surface area contributed by atoms with E-state index in [4.69, 9.17) is 28.4 Å². The number of aliphatic imine (C=N–C) groups is 2. The van der Waals surface area contributed by atoms with Crippen molar-refractivity contribution in [2.24, 2.45) is 9.98 Å². The molecule has 0 aliphatic carbocycles. The smallest absolute Gasteiger partial charge is 0.363 e. The highest BCUT2D eigenvalue weighted by Gasteiger charge is 2.27. The molecule has 0 amide bonds. The fourth-order valence-corrected chi connectivity index (χ4v) is 4.02. The van der Waals surface area contributed by atoms with Crippen LogP contribution in [0.4, 0.5) is 0 Å². The Morgan fingerprint density at radius 3 is 1.27 bits per heavy atom. The maximum atomic E-state index is 12.5. The van der Waals surface area contributed by atoms with Gasteiger partial charge in [-0.3, -0.25) is 0 Å². The minimum absolute atomic E-state index is 0.144. The van der Waals surface area contributed by atoms with E-state index >= 15 is 0 Å². The molecule has 2 heterocycles. The molecule has 2 aliphatic heterocycles. The molecular formula is C30H24N2O8. The summed E-state index contributed by atoms with van der Waals surface area (Å²) in [5.41, 5.74) is 2.82. The molecule has 0 radical (unpaired) electrons. The summed E-state index contributed by atoms with van der Waals surface area (Å²) in [6, 6.07) is 17.3. The molecule has 0 aromatic heterocycles. The molecule has 0 atom stereocenters. The van der Waals surface area contributed by atoms with Crippen LogP contribution in [0.5, 0.6) is 23.0 Å². The van der Waals surface area contributed by atoms with E-state index in [9.17, 15) is 9.59 Å². The molecule has 3 aromatic carbocycles. The first kappa shape index (κ1) is 26.2. The molecule has 0 fully saturated rings. The number of ether oxygens (including phenoxy) is 6. The van der Waals surface area contributed by atoms with Gasteiger partial charge in [0.1, 0.15) is 0 Å². The summed E-state index contributed by atoms with van der Waals surface area (Å²) in [5, 5.41) is 0. The molecule has 0 unspecified atom stereocenters. The molecule has 0 saturated heterocycles. The minimum atomic E-state index is -0.576. The standard InChI is InChI=1S/C30H24N2O8/c1-35-23-11-5-17(15-25(23)37-3)13-21-29(33)39-27(31-21)19-7-9-20(10-8-19)28-32-22(30(34)40-28)14-18-6-12-24(36-2)26(16-18)38-4/h5-16H,1-4H3/b21-13-,22-14-. The number of methoxy groups -OCH3 is 4. The Morgan fingerprint density at radius 1 is 0.550 bits per heavy atom. The Morgan fingerprint density at radius 2 is 0.925 bits per heavy atom. The van der Waals surface area contributed by atoms with Crippen molar-refractivity contribution in [3.63, 3.8) is 0 Å². The van der Waals surface area contributed by atoms with Gasteiger partial charge in [0.25, 0.3) is 0 Å². The number of benzene rings is 3. The maximum Gasteiger partial charge on any atom is 0.363 e. The summed E-state index contributed by atoms with van der Waals surface area (Å²) >= 11 is 0. The monoisotopic (exact) mass is 540 g/mol. The molecule has 3 aromatic rings. The third kappa shape index (κ3) is 5.28. The number of rotatable bonds is 8. The van der Waals surface area contributed by atoms with E-state index < -0.39 is 11.9 Å². The Kier molecular flexibility index (Phi) is 7.32. The molecule has 10 nitrogen and oxygen atoms in total. The van der Waals surface area contributed by atoms with Crippen molar-refractivity contribution < 1.29 is 38.0 Å². The molecule has 0 N–H and O–H groups in total. The fourth-order valence-electron chi connectivity index (χ4n) is 4.02. The molecule has 40 heavy (non-hydrogen) atoms. The lowest BCUT2D eigenvalue weighted by atomic mass is 10.1. The summed E-state index contributed by atoms with van der Waals surface area (Å²) in [7, 11) is 6.16. The van der Waals surface area contributed by atoms with Crippen molar-refractivity contribution in [1.82, 2.24) is 0 Å². The van der Waals surface area contributed by atoms with Crippen LogP contribution in [0.1, 0.15) is 22.3 Å². The van der Waals surface area contributed by atoms with E-state index in [1.807, 2.05) is 0 Å². The van der Waals surface area contributed by atoms with Crippen molar-refractivity contribution in [3.05, 3.63) is 94.3 Å². The first-order valence-electron chi connectivity index (χ1n) is 12.0. The van der Waals surface area contributed by atoms with Crippen LogP contribution in [0, 0.1) is 0 Å². The van der Waals surface area contributed by atoms with Crippen molar-refractivity contribution >= 4 is 35.9 Å². The van der Waals surface area contributed by atoms with E-state index in [1.54, 1.807) is 87.0 Å². The Hall–Kier alpha value is -5.38. The molecule has 10 heteroatoms. The highest BCUT2D eigenvalue weighted by atomic mass is 16.6. The first-order chi connectivity index (χ1) is 19.4. The van der Waals surface area contributed by atoms with Crippen molar-refractivity contribution in [2.45, 2.75) is 0 Å². The average Bonchev–Trinajstić information content (AvgIpc) is 3.54. The highest BCUT2D eigenvalue weighted by Crippen LogP contribution is 2.31.